The van der Waals surface area contributed by atoms with E-state index in [9.17, 15) is 18.0 Å². The summed E-state index contributed by atoms with van der Waals surface area (Å²) in [5.74, 6) is -1.26. The molecule has 0 saturated carbocycles. The monoisotopic (exact) mass is 242 g/mol. The molecule has 1 aromatic heterocycles. The second-order valence-corrected chi connectivity index (χ2v) is 3.62. The Labute approximate surface area is 94.3 Å². The molecule has 1 N–H and O–H groups in total. The second kappa shape index (κ2) is 3.87. The van der Waals surface area contributed by atoms with Crippen molar-refractivity contribution in [2.75, 3.05) is 0 Å². The van der Waals surface area contributed by atoms with E-state index in [1.807, 2.05) is 6.92 Å². The lowest BCUT2D eigenvalue weighted by molar-refractivity contribution is -0.144. The topological polar surface area (TPSA) is 45.8 Å². The summed E-state index contributed by atoms with van der Waals surface area (Å²) >= 11 is 0. The summed E-state index contributed by atoms with van der Waals surface area (Å²) in [5.41, 5.74) is 0.167. The molecule has 1 heterocycles. The number of fused-ring (bicyclic) bond motifs is 1. The van der Waals surface area contributed by atoms with Gasteiger partial charge >= 0.3 is 6.18 Å². The standard InChI is InChI=1S/C11H9F3N2O/c1-2-6-3-4-8-7(5-6)9(17)16-10(15-8)11(12,13)14/h3-5H,2H2,1H3,(H,15,16,17). The van der Waals surface area contributed by atoms with E-state index >= 15 is 0 Å². The number of hydrogen-bond acceptors (Lipinski definition) is 2. The van der Waals surface area contributed by atoms with Crippen molar-refractivity contribution in [3.05, 3.63) is 39.9 Å². The molecular weight excluding hydrogens is 233 g/mol. The fourth-order valence-electron chi connectivity index (χ4n) is 1.54. The third-order valence-corrected chi connectivity index (χ3v) is 2.45. The summed E-state index contributed by atoms with van der Waals surface area (Å²) in [6.07, 6.45) is -3.94. The van der Waals surface area contributed by atoms with Crippen molar-refractivity contribution in [2.24, 2.45) is 0 Å². The van der Waals surface area contributed by atoms with Crippen LogP contribution in [-0.2, 0) is 12.6 Å². The van der Waals surface area contributed by atoms with Crippen molar-refractivity contribution in [2.45, 2.75) is 19.5 Å². The third-order valence-electron chi connectivity index (χ3n) is 2.45. The number of halogens is 3. The van der Waals surface area contributed by atoms with Gasteiger partial charge in [-0.25, -0.2) is 4.98 Å². The summed E-state index contributed by atoms with van der Waals surface area (Å²) < 4.78 is 37.2. The lowest BCUT2D eigenvalue weighted by Gasteiger charge is -2.06. The van der Waals surface area contributed by atoms with E-state index in [0.717, 1.165) is 5.56 Å². The Kier molecular flexibility index (Phi) is 2.65. The summed E-state index contributed by atoms with van der Waals surface area (Å²) in [6, 6.07) is 4.65. The predicted molar refractivity (Wildman–Crippen MR) is 56.7 cm³/mol. The molecule has 6 heteroatoms. The number of nitrogens with zero attached hydrogens (tertiary/aromatic N) is 1. The molecular formula is C11H9F3N2O. The summed E-state index contributed by atoms with van der Waals surface area (Å²) in [6.45, 7) is 1.90. The Bertz CT molecular complexity index is 616. The molecule has 17 heavy (non-hydrogen) atoms. The average Bonchev–Trinajstić information content (AvgIpc) is 2.27. The fraction of sp³-hybridized carbons (Fsp3) is 0.273. The molecule has 1 aromatic carbocycles. The smallest absolute Gasteiger partial charge is 0.302 e. The molecule has 0 spiro atoms. The van der Waals surface area contributed by atoms with Crippen LogP contribution in [-0.4, -0.2) is 9.97 Å². The van der Waals surface area contributed by atoms with Crippen molar-refractivity contribution in [1.29, 1.82) is 0 Å². The minimum atomic E-state index is -4.64. The van der Waals surface area contributed by atoms with Crippen LogP contribution in [0.1, 0.15) is 18.3 Å². The van der Waals surface area contributed by atoms with E-state index in [1.54, 1.807) is 17.1 Å². The molecule has 3 nitrogen and oxygen atoms in total. The van der Waals surface area contributed by atoms with Gasteiger partial charge in [0, 0.05) is 0 Å². The van der Waals surface area contributed by atoms with Gasteiger partial charge in [-0.1, -0.05) is 13.0 Å². The van der Waals surface area contributed by atoms with Crippen molar-refractivity contribution >= 4 is 10.9 Å². The van der Waals surface area contributed by atoms with Crippen LogP contribution in [0.3, 0.4) is 0 Å². The third kappa shape index (κ3) is 2.15. The zero-order valence-electron chi connectivity index (χ0n) is 8.93. The highest BCUT2D eigenvalue weighted by molar-refractivity contribution is 5.78. The summed E-state index contributed by atoms with van der Waals surface area (Å²) in [4.78, 5) is 16.7. The molecule has 2 rings (SSSR count). The number of H-pyrrole nitrogens is 1. The van der Waals surface area contributed by atoms with Crippen LogP contribution in [0.5, 0.6) is 0 Å². The van der Waals surface area contributed by atoms with Gasteiger partial charge in [-0.05, 0) is 24.1 Å². The highest BCUT2D eigenvalue weighted by Gasteiger charge is 2.34. The first kappa shape index (κ1) is 11.6. The first-order valence-electron chi connectivity index (χ1n) is 5.02. The highest BCUT2D eigenvalue weighted by Crippen LogP contribution is 2.26. The minimum Gasteiger partial charge on any atom is -0.302 e. The Morgan fingerprint density at radius 2 is 2.06 bits per heavy atom. The Morgan fingerprint density at radius 1 is 1.35 bits per heavy atom. The van der Waals surface area contributed by atoms with E-state index in [1.165, 1.54) is 6.07 Å². The number of hydrogen-bond donors (Lipinski definition) is 1. The SMILES string of the molecule is CCc1ccc2nc(C(F)(F)F)[nH]c(=O)c2c1. The molecule has 0 fully saturated rings. The van der Waals surface area contributed by atoms with Crippen molar-refractivity contribution in [1.82, 2.24) is 9.97 Å². The van der Waals surface area contributed by atoms with Gasteiger partial charge in [0.1, 0.15) is 0 Å². The van der Waals surface area contributed by atoms with Gasteiger partial charge in [-0.3, -0.25) is 4.79 Å². The number of aromatic amines is 1. The van der Waals surface area contributed by atoms with Gasteiger partial charge in [0.2, 0.25) is 5.82 Å². The summed E-state index contributed by atoms with van der Waals surface area (Å²) in [7, 11) is 0. The number of alkyl halides is 3. The van der Waals surface area contributed by atoms with E-state index in [-0.39, 0.29) is 10.9 Å². The van der Waals surface area contributed by atoms with Crippen LogP contribution in [0.25, 0.3) is 10.9 Å². The van der Waals surface area contributed by atoms with Crippen LogP contribution in [0.4, 0.5) is 13.2 Å². The lowest BCUT2D eigenvalue weighted by Crippen LogP contribution is -2.19. The maximum Gasteiger partial charge on any atom is 0.449 e. The fourth-order valence-corrected chi connectivity index (χ4v) is 1.54. The number of aromatic nitrogens is 2. The number of aryl methyl sites for hydroxylation is 1. The van der Waals surface area contributed by atoms with Crippen LogP contribution in [0, 0.1) is 0 Å². The maximum atomic E-state index is 12.4. The number of nitrogens with one attached hydrogen (secondary N) is 1. The first-order valence-corrected chi connectivity index (χ1v) is 5.02. The van der Waals surface area contributed by atoms with Gasteiger partial charge in [0.15, 0.2) is 0 Å². The minimum absolute atomic E-state index is 0.0540. The molecule has 0 amide bonds. The molecule has 0 saturated heterocycles. The van der Waals surface area contributed by atoms with E-state index in [4.69, 9.17) is 0 Å². The second-order valence-electron chi connectivity index (χ2n) is 3.62. The molecule has 0 aliphatic heterocycles. The van der Waals surface area contributed by atoms with Crippen molar-refractivity contribution in [3.63, 3.8) is 0 Å². The molecule has 0 unspecified atom stereocenters. The van der Waals surface area contributed by atoms with Crippen molar-refractivity contribution < 1.29 is 13.2 Å². The van der Waals surface area contributed by atoms with Crippen LogP contribution in [0.2, 0.25) is 0 Å². The van der Waals surface area contributed by atoms with Crippen LogP contribution >= 0.6 is 0 Å². The molecule has 2 aromatic rings. The Hall–Kier alpha value is -1.85. The Balaban J connectivity index is 2.73. The zero-order chi connectivity index (χ0) is 12.6. The molecule has 0 aliphatic carbocycles. The normalized spacial score (nSPS) is 12.0. The molecule has 0 radical (unpaired) electrons. The zero-order valence-corrected chi connectivity index (χ0v) is 8.93. The molecule has 0 bridgehead atoms. The predicted octanol–water partition coefficient (Wildman–Crippen LogP) is 2.50. The van der Waals surface area contributed by atoms with Crippen LogP contribution in [0.15, 0.2) is 23.0 Å². The van der Waals surface area contributed by atoms with Crippen LogP contribution < -0.4 is 5.56 Å². The Morgan fingerprint density at radius 3 is 2.65 bits per heavy atom. The molecule has 90 valence electrons. The van der Waals surface area contributed by atoms with Gasteiger partial charge in [-0.15, -0.1) is 0 Å². The first-order chi connectivity index (χ1) is 7.91. The quantitative estimate of drug-likeness (QED) is 0.835. The van der Waals surface area contributed by atoms with E-state index in [2.05, 4.69) is 4.98 Å². The van der Waals surface area contributed by atoms with E-state index in [0.29, 0.717) is 6.42 Å². The maximum absolute atomic E-state index is 12.4. The van der Waals surface area contributed by atoms with Gasteiger partial charge in [-0.2, -0.15) is 13.2 Å². The van der Waals surface area contributed by atoms with Gasteiger partial charge in [0.25, 0.3) is 5.56 Å². The van der Waals surface area contributed by atoms with E-state index < -0.39 is 17.6 Å². The highest BCUT2D eigenvalue weighted by atomic mass is 19.4. The lowest BCUT2D eigenvalue weighted by atomic mass is 10.1. The largest absolute Gasteiger partial charge is 0.449 e. The number of rotatable bonds is 1. The molecule has 0 aliphatic rings. The summed E-state index contributed by atoms with van der Waals surface area (Å²) in [5, 5.41) is 0.178. The van der Waals surface area contributed by atoms with Gasteiger partial charge in [0.05, 0.1) is 10.9 Å². The number of benzene rings is 1. The average molecular weight is 242 g/mol. The molecule has 0 atom stereocenters. The van der Waals surface area contributed by atoms with Gasteiger partial charge < -0.3 is 4.98 Å². The van der Waals surface area contributed by atoms with Crippen molar-refractivity contribution in [3.8, 4) is 0 Å².